The van der Waals surface area contributed by atoms with Gasteiger partial charge < -0.3 is 4.79 Å². The van der Waals surface area contributed by atoms with Crippen molar-refractivity contribution < 1.29 is 13.2 Å². The first-order chi connectivity index (χ1) is 10.1. The molecule has 0 aliphatic carbocycles. The van der Waals surface area contributed by atoms with Gasteiger partial charge in [0.15, 0.2) is 0 Å². The standard InChI is InChI=1S/C16H15NO3S/c1-12-7-9-14(10-8-12)21(19,20)17-15(11-18)16(17)13-5-3-2-4-6-13/h2-11,15-16H,1H3/t15-,16-,17?/m1/s1. The molecule has 1 saturated heterocycles. The minimum atomic E-state index is -3.64. The smallest absolute Gasteiger partial charge is 0.244 e. The van der Waals surface area contributed by atoms with Crippen molar-refractivity contribution >= 4 is 16.3 Å². The second-order valence-electron chi connectivity index (χ2n) is 5.13. The molecule has 21 heavy (non-hydrogen) atoms. The number of hydrogen-bond donors (Lipinski definition) is 0. The second kappa shape index (κ2) is 5.09. The van der Waals surface area contributed by atoms with Crippen LogP contribution >= 0.6 is 0 Å². The molecule has 0 amide bonds. The third kappa shape index (κ3) is 2.39. The van der Waals surface area contributed by atoms with Crippen LogP contribution in [0.2, 0.25) is 0 Å². The molecule has 1 unspecified atom stereocenters. The summed E-state index contributed by atoms with van der Waals surface area (Å²) in [5.41, 5.74) is 1.83. The van der Waals surface area contributed by atoms with Gasteiger partial charge in [0.05, 0.1) is 10.9 Å². The summed E-state index contributed by atoms with van der Waals surface area (Å²) in [6, 6.07) is 14.9. The van der Waals surface area contributed by atoms with E-state index in [1.54, 1.807) is 24.3 Å². The summed E-state index contributed by atoms with van der Waals surface area (Å²) < 4.78 is 26.5. The van der Waals surface area contributed by atoms with Gasteiger partial charge in [-0.2, -0.15) is 4.31 Å². The lowest BCUT2D eigenvalue weighted by molar-refractivity contribution is -0.107. The normalized spacial score (nSPS) is 24.5. The molecular weight excluding hydrogens is 286 g/mol. The van der Waals surface area contributed by atoms with Gasteiger partial charge in [-0.05, 0) is 24.6 Å². The Morgan fingerprint density at radius 3 is 2.19 bits per heavy atom. The lowest BCUT2D eigenvalue weighted by atomic mass is 10.1. The lowest BCUT2D eigenvalue weighted by Crippen LogP contribution is -2.15. The highest BCUT2D eigenvalue weighted by Crippen LogP contribution is 2.46. The predicted molar refractivity (Wildman–Crippen MR) is 79.2 cm³/mol. The van der Waals surface area contributed by atoms with Crippen molar-refractivity contribution in [3.63, 3.8) is 0 Å². The summed E-state index contributed by atoms with van der Waals surface area (Å²) in [7, 11) is -3.64. The molecule has 1 heterocycles. The summed E-state index contributed by atoms with van der Waals surface area (Å²) >= 11 is 0. The van der Waals surface area contributed by atoms with Crippen molar-refractivity contribution in [3.05, 3.63) is 65.7 Å². The Morgan fingerprint density at radius 1 is 1.00 bits per heavy atom. The lowest BCUT2D eigenvalue weighted by Gasteiger charge is -2.06. The van der Waals surface area contributed by atoms with Gasteiger partial charge in [0.2, 0.25) is 10.0 Å². The third-order valence-corrected chi connectivity index (χ3v) is 5.57. The molecular formula is C16H15NO3S. The molecule has 1 aliphatic heterocycles. The molecule has 3 atom stereocenters. The molecule has 1 aliphatic rings. The van der Waals surface area contributed by atoms with Crippen molar-refractivity contribution in [2.24, 2.45) is 0 Å². The average Bonchev–Trinajstić information content (AvgIpc) is 3.24. The first-order valence-electron chi connectivity index (χ1n) is 6.66. The molecule has 4 nitrogen and oxygen atoms in total. The Bertz CT molecular complexity index is 754. The molecule has 0 spiro atoms. The Hall–Kier alpha value is -1.98. The monoisotopic (exact) mass is 301 g/mol. The fourth-order valence-corrected chi connectivity index (χ4v) is 4.20. The Kier molecular flexibility index (Phi) is 3.39. The van der Waals surface area contributed by atoms with Crippen LogP contribution in [0, 0.1) is 6.92 Å². The Morgan fingerprint density at radius 2 is 1.62 bits per heavy atom. The molecule has 5 heteroatoms. The summed E-state index contributed by atoms with van der Waals surface area (Å²) in [6.45, 7) is 1.90. The molecule has 0 aromatic heterocycles. The van der Waals surface area contributed by atoms with E-state index in [-0.39, 0.29) is 4.90 Å². The summed E-state index contributed by atoms with van der Waals surface area (Å²) in [4.78, 5) is 11.4. The van der Waals surface area contributed by atoms with Gasteiger partial charge in [-0.3, -0.25) is 0 Å². The number of benzene rings is 2. The average molecular weight is 301 g/mol. The highest BCUT2D eigenvalue weighted by molar-refractivity contribution is 7.89. The number of carbonyl (C=O) groups is 1. The SMILES string of the molecule is Cc1ccc(S(=O)(=O)N2[C@H](C=O)[C@H]2c2ccccc2)cc1. The van der Waals surface area contributed by atoms with Crippen molar-refractivity contribution in [3.8, 4) is 0 Å². The topological polar surface area (TPSA) is 54.2 Å². The number of sulfonamides is 1. The zero-order chi connectivity index (χ0) is 15.0. The van der Waals surface area contributed by atoms with E-state index in [0.717, 1.165) is 11.1 Å². The van der Waals surface area contributed by atoms with E-state index in [2.05, 4.69) is 0 Å². The van der Waals surface area contributed by atoms with Gasteiger partial charge in [0, 0.05) is 0 Å². The van der Waals surface area contributed by atoms with E-state index < -0.39 is 22.1 Å². The Balaban J connectivity index is 1.96. The zero-order valence-electron chi connectivity index (χ0n) is 11.5. The highest BCUT2D eigenvalue weighted by Gasteiger charge is 2.56. The zero-order valence-corrected chi connectivity index (χ0v) is 12.3. The predicted octanol–water partition coefficient (Wildman–Crippen LogP) is 2.31. The maximum absolute atomic E-state index is 12.6. The van der Waals surface area contributed by atoms with Gasteiger partial charge in [0.1, 0.15) is 12.3 Å². The summed E-state index contributed by atoms with van der Waals surface area (Å²) in [5.74, 6) is 0. The largest absolute Gasteiger partial charge is 0.302 e. The molecule has 0 N–H and O–H groups in total. The van der Waals surface area contributed by atoms with Crippen LogP contribution in [0.25, 0.3) is 0 Å². The first kappa shape index (κ1) is 14.0. The molecule has 1 fully saturated rings. The van der Waals surface area contributed by atoms with E-state index in [4.69, 9.17) is 0 Å². The van der Waals surface area contributed by atoms with E-state index in [9.17, 15) is 13.2 Å². The van der Waals surface area contributed by atoms with Crippen LogP contribution in [-0.4, -0.2) is 25.1 Å². The van der Waals surface area contributed by atoms with E-state index >= 15 is 0 Å². The van der Waals surface area contributed by atoms with Crippen LogP contribution in [0.15, 0.2) is 59.5 Å². The maximum Gasteiger partial charge on any atom is 0.244 e. The number of carbonyl (C=O) groups excluding carboxylic acids is 1. The van der Waals surface area contributed by atoms with Crippen LogP contribution in [0.1, 0.15) is 17.2 Å². The number of aryl methyl sites for hydroxylation is 1. The van der Waals surface area contributed by atoms with Crippen molar-refractivity contribution in [2.75, 3.05) is 0 Å². The minimum Gasteiger partial charge on any atom is -0.302 e. The highest BCUT2D eigenvalue weighted by atomic mass is 32.2. The minimum absolute atomic E-state index is 0.221. The van der Waals surface area contributed by atoms with Crippen molar-refractivity contribution in [1.82, 2.24) is 4.31 Å². The molecule has 2 aromatic carbocycles. The second-order valence-corrected chi connectivity index (χ2v) is 6.97. The van der Waals surface area contributed by atoms with Crippen LogP contribution in [0.5, 0.6) is 0 Å². The maximum atomic E-state index is 12.6. The number of nitrogens with zero attached hydrogens (tertiary/aromatic N) is 1. The first-order valence-corrected chi connectivity index (χ1v) is 8.10. The van der Waals surface area contributed by atoms with Gasteiger partial charge in [-0.25, -0.2) is 8.42 Å². The van der Waals surface area contributed by atoms with Crippen LogP contribution in [-0.2, 0) is 14.8 Å². The van der Waals surface area contributed by atoms with Gasteiger partial charge in [0.25, 0.3) is 0 Å². The van der Waals surface area contributed by atoms with Crippen LogP contribution in [0.4, 0.5) is 0 Å². The summed E-state index contributed by atoms with van der Waals surface area (Å²) in [6.07, 6.45) is 0.698. The molecule has 0 bridgehead atoms. The van der Waals surface area contributed by atoms with Crippen LogP contribution in [0.3, 0.4) is 0 Å². The number of hydrogen-bond acceptors (Lipinski definition) is 3. The fourth-order valence-electron chi connectivity index (χ4n) is 2.50. The van der Waals surface area contributed by atoms with E-state index in [1.807, 2.05) is 37.3 Å². The number of aldehydes is 1. The van der Waals surface area contributed by atoms with E-state index in [0.29, 0.717) is 6.29 Å². The van der Waals surface area contributed by atoms with Crippen molar-refractivity contribution in [1.29, 1.82) is 0 Å². The van der Waals surface area contributed by atoms with Crippen molar-refractivity contribution in [2.45, 2.75) is 23.9 Å². The molecule has 0 radical (unpaired) electrons. The number of rotatable bonds is 4. The van der Waals surface area contributed by atoms with E-state index in [1.165, 1.54) is 4.31 Å². The Labute approximate surface area is 124 Å². The molecule has 3 rings (SSSR count). The third-order valence-electron chi connectivity index (χ3n) is 3.68. The quantitative estimate of drug-likeness (QED) is 0.643. The molecule has 108 valence electrons. The summed E-state index contributed by atoms with van der Waals surface area (Å²) in [5, 5.41) is 0. The molecule has 0 saturated carbocycles. The molecule has 2 aromatic rings. The van der Waals surface area contributed by atoms with Crippen LogP contribution < -0.4 is 0 Å². The van der Waals surface area contributed by atoms with Gasteiger partial charge >= 0.3 is 0 Å². The van der Waals surface area contributed by atoms with Gasteiger partial charge in [-0.1, -0.05) is 48.0 Å². The fraction of sp³-hybridized carbons (Fsp3) is 0.188. The van der Waals surface area contributed by atoms with Gasteiger partial charge in [-0.15, -0.1) is 0 Å².